The van der Waals surface area contributed by atoms with Crippen LogP contribution in [0.25, 0.3) is 0 Å². The van der Waals surface area contributed by atoms with Gasteiger partial charge in [-0.15, -0.1) is 0 Å². The minimum atomic E-state index is -0.772. The molecule has 4 nitrogen and oxygen atoms in total. The van der Waals surface area contributed by atoms with Crippen LogP contribution in [-0.4, -0.2) is 18.4 Å². The largest absolute Gasteiger partial charge is 0.349 e. The van der Waals surface area contributed by atoms with Crippen molar-refractivity contribution >= 4 is 17.5 Å². The van der Waals surface area contributed by atoms with E-state index in [9.17, 15) is 14.0 Å². The van der Waals surface area contributed by atoms with Crippen LogP contribution in [0.1, 0.15) is 30.5 Å². The van der Waals surface area contributed by atoms with Crippen LogP contribution < -0.4 is 10.2 Å². The second-order valence-electron chi connectivity index (χ2n) is 6.43. The van der Waals surface area contributed by atoms with E-state index in [1.165, 1.54) is 11.0 Å². The fourth-order valence-electron chi connectivity index (χ4n) is 3.13. The summed E-state index contributed by atoms with van der Waals surface area (Å²) in [5, 5.41) is 2.89. The second kappa shape index (κ2) is 7.05. The number of carbonyl (C=O) groups excluding carboxylic acids is 2. The molecule has 0 aromatic heterocycles. The van der Waals surface area contributed by atoms with Crippen LogP contribution in [-0.2, 0) is 9.59 Å². The van der Waals surface area contributed by atoms with E-state index in [1.54, 1.807) is 12.1 Å². The van der Waals surface area contributed by atoms with Gasteiger partial charge in [0, 0.05) is 6.54 Å². The average Bonchev–Trinajstić information content (AvgIpc) is 2.99. The molecule has 25 heavy (non-hydrogen) atoms. The molecule has 0 saturated carbocycles. The van der Waals surface area contributed by atoms with E-state index in [4.69, 9.17) is 0 Å². The second-order valence-corrected chi connectivity index (χ2v) is 6.43. The lowest BCUT2D eigenvalue weighted by atomic mass is 10.0. The zero-order chi connectivity index (χ0) is 18.0. The van der Waals surface area contributed by atoms with Crippen LogP contribution in [0.15, 0.2) is 48.5 Å². The first-order valence-electron chi connectivity index (χ1n) is 8.40. The zero-order valence-electron chi connectivity index (χ0n) is 14.3. The van der Waals surface area contributed by atoms with Gasteiger partial charge in [0.1, 0.15) is 11.7 Å². The molecule has 0 unspecified atom stereocenters. The van der Waals surface area contributed by atoms with E-state index in [0.717, 1.165) is 11.1 Å². The highest BCUT2D eigenvalue weighted by Gasteiger charge is 2.38. The highest BCUT2D eigenvalue weighted by Crippen LogP contribution is 2.29. The van der Waals surface area contributed by atoms with Gasteiger partial charge in [0.05, 0.1) is 11.7 Å². The van der Waals surface area contributed by atoms with Gasteiger partial charge in [-0.3, -0.25) is 9.59 Å². The summed E-state index contributed by atoms with van der Waals surface area (Å²) < 4.78 is 14.1. The average molecular weight is 340 g/mol. The maximum absolute atomic E-state index is 14.1. The maximum Gasteiger partial charge on any atom is 0.239 e. The Hall–Kier alpha value is -2.69. The van der Waals surface area contributed by atoms with Gasteiger partial charge in [0.15, 0.2) is 0 Å². The number of hydrogen-bond donors (Lipinski definition) is 1. The van der Waals surface area contributed by atoms with Gasteiger partial charge >= 0.3 is 0 Å². The summed E-state index contributed by atoms with van der Waals surface area (Å²) in [5.41, 5.74) is 2.09. The molecule has 2 amide bonds. The third kappa shape index (κ3) is 3.55. The molecule has 2 atom stereocenters. The van der Waals surface area contributed by atoms with Crippen molar-refractivity contribution in [1.29, 1.82) is 0 Å². The van der Waals surface area contributed by atoms with Gasteiger partial charge in [-0.05, 0) is 43.5 Å². The zero-order valence-corrected chi connectivity index (χ0v) is 14.3. The predicted octanol–water partition coefficient (Wildman–Crippen LogP) is 3.36. The summed E-state index contributed by atoms with van der Waals surface area (Å²) in [7, 11) is 0. The van der Waals surface area contributed by atoms with Crippen LogP contribution in [0.5, 0.6) is 0 Å². The molecule has 0 bridgehead atoms. The fraction of sp³-hybridized carbons (Fsp3) is 0.300. The van der Waals surface area contributed by atoms with Crippen molar-refractivity contribution < 1.29 is 14.0 Å². The fourth-order valence-corrected chi connectivity index (χ4v) is 3.13. The number of halogens is 1. The monoisotopic (exact) mass is 340 g/mol. The minimum absolute atomic E-state index is 0.189. The Morgan fingerprint density at radius 2 is 1.96 bits per heavy atom. The minimum Gasteiger partial charge on any atom is -0.349 e. The molecule has 3 rings (SSSR count). The number of aryl methyl sites for hydroxylation is 1. The molecule has 1 N–H and O–H groups in total. The first-order valence-corrected chi connectivity index (χ1v) is 8.40. The van der Waals surface area contributed by atoms with Crippen molar-refractivity contribution in [2.75, 3.05) is 11.4 Å². The van der Waals surface area contributed by atoms with Crippen LogP contribution in [0.2, 0.25) is 0 Å². The third-order valence-corrected chi connectivity index (χ3v) is 4.57. The van der Waals surface area contributed by atoms with E-state index in [2.05, 4.69) is 5.32 Å². The maximum atomic E-state index is 14.1. The van der Waals surface area contributed by atoms with E-state index in [1.807, 2.05) is 44.2 Å². The highest BCUT2D eigenvalue weighted by molar-refractivity contribution is 6.09. The molecule has 130 valence electrons. The van der Waals surface area contributed by atoms with Gasteiger partial charge in [0.25, 0.3) is 0 Å². The van der Waals surface area contributed by atoms with Crippen LogP contribution in [0, 0.1) is 18.7 Å². The standard InChI is InChI=1S/C20H21FN2O2/c1-13-8-9-17(21)18(12-13)23-11-10-16(20(23)25)19(24)22-14(2)15-6-4-3-5-7-15/h3-9,12,14,16H,10-11H2,1-2H3,(H,22,24)/t14-,16+/m0/s1. The van der Waals surface area contributed by atoms with E-state index in [-0.39, 0.29) is 23.5 Å². The third-order valence-electron chi connectivity index (χ3n) is 4.57. The number of amides is 2. The highest BCUT2D eigenvalue weighted by atomic mass is 19.1. The molecular formula is C20H21FN2O2. The smallest absolute Gasteiger partial charge is 0.239 e. The van der Waals surface area contributed by atoms with Crippen LogP contribution >= 0.6 is 0 Å². The lowest BCUT2D eigenvalue weighted by Crippen LogP contribution is -2.38. The number of rotatable bonds is 4. The van der Waals surface area contributed by atoms with Crippen molar-refractivity contribution in [3.05, 3.63) is 65.5 Å². The molecule has 1 heterocycles. The molecule has 0 aliphatic carbocycles. The molecule has 1 fully saturated rings. The first-order chi connectivity index (χ1) is 12.0. The van der Waals surface area contributed by atoms with Gasteiger partial charge in [-0.25, -0.2) is 4.39 Å². The summed E-state index contributed by atoms with van der Waals surface area (Å²) in [4.78, 5) is 26.5. The molecule has 0 spiro atoms. The first kappa shape index (κ1) is 17.1. The van der Waals surface area contributed by atoms with E-state index < -0.39 is 11.7 Å². The van der Waals surface area contributed by atoms with E-state index >= 15 is 0 Å². The summed E-state index contributed by atoms with van der Waals surface area (Å²) in [6.45, 7) is 4.07. The number of benzene rings is 2. The molecule has 1 aliphatic rings. The van der Waals surface area contributed by atoms with Crippen molar-refractivity contribution in [2.24, 2.45) is 5.92 Å². The predicted molar refractivity (Wildman–Crippen MR) is 94.6 cm³/mol. The van der Waals surface area contributed by atoms with Gasteiger partial charge in [-0.1, -0.05) is 36.4 Å². The topological polar surface area (TPSA) is 49.4 Å². The Kier molecular flexibility index (Phi) is 4.83. The van der Waals surface area contributed by atoms with Crippen molar-refractivity contribution in [3.63, 3.8) is 0 Å². The van der Waals surface area contributed by atoms with Gasteiger partial charge in [-0.2, -0.15) is 0 Å². The molecule has 0 radical (unpaired) electrons. The number of anilines is 1. The van der Waals surface area contributed by atoms with Gasteiger partial charge in [0.2, 0.25) is 11.8 Å². The normalized spacial score (nSPS) is 18.3. The Labute approximate surface area is 146 Å². The quantitative estimate of drug-likeness (QED) is 0.868. The van der Waals surface area contributed by atoms with E-state index in [0.29, 0.717) is 13.0 Å². The van der Waals surface area contributed by atoms with Crippen molar-refractivity contribution in [2.45, 2.75) is 26.3 Å². The molecular weight excluding hydrogens is 319 g/mol. The van der Waals surface area contributed by atoms with Crippen LogP contribution in [0.4, 0.5) is 10.1 Å². The SMILES string of the molecule is Cc1ccc(F)c(N2CC[C@H](C(=O)N[C@@H](C)c3ccccc3)C2=O)c1. The Morgan fingerprint density at radius 3 is 2.68 bits per heavy atom. The molecule has 2 aromatic carbocycles. The summed E-state index contributed by atoms with van der Waals surface area (Å²) in [6.07, 6.45) is 0.388. The summed E-state index contributed by atoms with van der Waals surface area (Å²) >= 11 is 0. The van der Waals surface area contributed by atoms with Crippen LogP contribution in [0.3, 0.4) is 0 Å². The number of nitrogens with one attached hydrogen (secondary N) is 1. The number of carbonyl (C=O) groups is 2. The molecule has 1 aliphatic heterocycles. The van der Waals surface area contributed by atoms with Crippen molar-refractivity contribution in [3.8, 4) is 0 Å². The lowest BCUT2D eigenvalue weighted by molar-refractivity contribution is -0.132. The summed E-state index contributed by atoms with van der Waals surface area (Å²) in [5.74, 6) is -1.87. The Balaban J connectivity index is 1.71. The molecule has 5 heteroatoms. The number of hydrogen-bond acceptors (Lipinski definition) is 2. The Morgan fingerprint density at radius 1 is 1.24 bits per heavy atom. The molecule has 2 aromatic rings. The van der Waals surface area contributed by atoms with Gasteiger partial charge < -0.3 is 10.2 Å². The van der Waals surface area contributed by atoms with Crippen molar-refractivity contribution in [1.82, 2.24) is 5.32 Å². The Bertz CT molecular complexity index is 792. The summed E-state index contributed by atoms with van der Waals surface area (Å²) in [6, 6.07) is 14.0. The molecule has 1 saturated heterocycles. The number of nitrogens with zero attached hydrogens (tertiary/aromatic N) is 1. The lowest BCUT2D eigenvalue weighted by Gasteiger charge is -2.19.